The number of hydrogen-bond donors (Lipinski definition) is 0. The highest BCUT2D eigenvalue weighted by Gasteiger charge is 2.31. The molecule has 6 nitrogen and oxygen atoms in total. The fourth-order valence-electron chi connectivity index (χ4n) is 3.67. The Balaban J connectivity index is 1.30. The molecule has 1 saturated heterocycles. The molecule has 2 aliphatic rings. The summed E-state index contributed by atoms with van der Waals surface area (Å²) in [6, 6.07) is 13.9. The number of ether oxygens (including phenoxy) is 2. The Morgan fingerprint density at radius 3 is 2.60 bits per heavy atom. The molecule has 1 aromatic heterocycles. The van der Waals surface area contributed by atoms with Gasteiger partial charge in [-0.05, 0) is 55.4 Å². The number of carbonyl (C=O) groups excluding carboxylic acids is 1. The first-order valence-electron chi connectivity index (χ1n) is 10.6. The second-order valence-electron chi connectivity index (χ2n) is 8.40. The molecule has 6 heteroatoms. The van der Waals surface area contributed by atoms with Crippen LogP contribution in [0.1, 0.15) is 50.3 Å². The lowest BCUT2D eigenvalue weighted by molar-refractivity contribution is -0.117. The Bertz CT molecular complexity index is 941. The van der Waals surface area contributed by atoms with Crippen LogP contribution >= 0.6 is 0 Å². The molecule has 1 atom stereocenters. The molecule has 1 aromatic carbocycles. The molecule has 30 heavy (non-hydrogen) atoms. The van der Waals surface area contributed by atoms with Crippen LogP contribution < -0.4 is 14.4 Å². The van der Waals surface area contributed by atoms with Gasteiger partial charge in [0, 0.05) is 12.5 Å². The van der Waals surface area contributed by atoms with Gasteiger partial charge >= 0.3 is 0 Å². The van der Waals surface area contributed by atoms with Crippen LogP contribution in [-0.2, 0) is 4.79 Å². The van der Waals surface area contributed by atoms with Gasteiger partial charge in [-0.1, -0.05) is 19.1 Å². The van der Waals surface area contributed by atoms with E-state index in [1.165, 1.54) is 12.8 Å². The van der Waals surface area contributed by atoms with Gasteiger partial charge in [0.05, 0.1) is 25.4 Å². The number of hydrogen-bond acceptors (Lipinski definition) is 6. The maximum absolute atomic E-state index is 11.3. The average Bonchev–Trinajstić information content (AvgIpc) is 3.53. The molecule has 0 radical (unpaired) electrons. The topological polar surface area (TPSA) is 75.4 Å². The van der Waals surface area contributed by atoms with Crippen molar-refractivity contribution >= 4 is 11.5 Å². The van der Waals surface area contributed by atoms with Crippen LogP contribution in [0.4, 0.5) is 5.69 Å². The lowest BCUT2D eigenvalue weighted by Gasteiger charge is -2.40. The van der Waals surface area contributed by atoms with Crippen LogP contribution in [-0.4, -0.2) is 36.6 Å². The monoisotopic (exact) mass is 405 g/mol. The SMILES string of the molecule is CC(=O)C[C@@H](C)c1ccc(OC2CN(c3ccc(OCC4CC4)nc3C#N)C2)cc1. The van der Waals surface area contributed by atoms with Gasteiger partial charge in [-0.15, -0.1) is 0 Å². The summed E-state index contributed by atoms with van der Waals surface area (Å²) >= 11 is 0. The van der Waals surface area contributed by atoms with Crippen molar-refractivity contribution in [3.8, 4) is 17.7 Å². The van der Waals surface area contributed by atoms with E-state index in [0.717, 1.165) is 17.0 Å². The number of nitrogens with zero attached hydrogens (tertiary/aromatic N) is 3. The van der Waals surface area contributed by atoms with Gasteiger partial charge in [0.2, 0.25) is 5.88 Å². The van der Waals surface area contributed by atoms with E-state index in [-0.39, 0.29) is 17.8 Å². The minimum atomic E-state index is 0.0721. The number of anilines is 1. The van der Waals surface area contributed by atoms with Gasteiger partial charge < -0.3 is 19.2 Å². The van der Waals surface area contributed by atoms with Gasteiger partial charge in [-0.2, -0.15) is 5.26 Å². The normalized spacial score (nSPS) is 17.0. The number of Topliss-reactive ketones (excluding diaryl/α,β-unsaturated/α-hetero) is 1. The van der Waals surface area contributed by atoms with Crippen molar-refractivity contribution < 1.29 is 14.3 Å². The van der Waals surface area contributed by atoms with E-state index in [1.807, 2.05) is 36.4 Å². The van der Waals surface area contributed by atoms with Crippen molar-refractivity contribution in [3.05, 3.63) is 47.7 Å². The Kier molecular flexibility index (Phi) is 5.89. The van der Waals surface area contributed by atoms with Crippen LogP contribution in [0.5, 0.6) is 11.6 Å². The summed E-state index contributed by atoms with van der Waals surface area (Å²) in [5.41, 5.74) is 2.36. The minimum absolute atomic E-state index is 0.0721. The second-order valence-corrected chi connectivity index (χ2v) is 8.40. The summed E-state index contributed by atoms with van der Waals surface area (Å²) in [4.78, 5) is 17.8. The van der Waals surface area contributed by atoms with Crippen molar-refractivity contribution in [2.45, 2.75) is 45.1 Å². The predicted molar refractivity (Wildman–Crippen MR) is 114 cm³/mol. The number of rotatable bonds is 9. The summed E-state index contributed by atoms with van der Waals surface area (Å²) in [7, 11) is 0. The van der Waals surface area contributed by atoms with Crippen molar-refractivity contribution in [1.82, 2.24) is 4.98 Å². The van der Waals surface area contributed by atoms with Crippen LogP contribution in [0, 0.1) is 17.2 Å². The fourth-order valence-corrected chi connectivity index (χ4v) is 3.67. The summed E-state index contributed by atoms with van der Waals surface area (Å²) in [6.07, 6.45) is 3.07. The first kappa shape index (κ1) is 20.2. The largest absolute Gasteiger partial charge is 0.487 e. The summed E-state index contributed by atoms with van der Waals surface area (Å²) in [5.74, 6) is 2.40. The number of nitriles is 1. The molecule has 4 rings (SSSR count). The summed E-state index contributed by atoms with van der Waals surface area (Å²) < 4.78 is 11.7. The highest BCUT2D eigenvalue weighted by Crippen LogP contribution is 2.31. The van der Waals surface area contributed by atoms with Crippen molar-refractivity contribution in [3.63, 3.8) is 0 Å². The highest BCUT2D eigenvalue weighted by molar-refractivity contribution is 5.76. The zero-order valence-corrected chi connectivity index (χ0v) is 17.5. The number of carbonyl (C=O) groups is 1. The first-order chi connectivity index (χ1) is 14.5. The standard InChI is InChI=1S/C24H27N3O3/c1-16(11-17(2)28)19-5-7-20(8-6-19)30-21-13-27(14-21)23-9-10-24(26-22(23)12-25)29-15-18-3-4-18/h5-10,16,18,21H,3-4,11,13-15H2,1-2H3/t16-/m1/s1. The Hall–Kier alpha value is -3.07. The molecule has 1 aliphatic carbocycles. The van der Waals surface area contributed by atoms with Crippen molar-refractivity contribution in [2.75, 3.05) is 24.6 Å². The van der Waals surface area contributed by atoms with Crippen LogP contribution in [0.3, 0.4) is 0 Å². The van der Waals surface area contributed by atoms with Gasteiger partial charge in [-0.25, -0.2) is 4.98 Å². The van der Waals surface area contributed by atoms with Crippen molar-refractivity contribution in [2.24, 2.45) is 5.92 Å². The predicted octanol–water partition coefficient (Wildman–Crippen LogP) is 4.09. The lowest BCUT2D eigenvalue weighted by atomic mass is 9.96. The van der Waals surface area contributed by atoms with Crippen molar-refractivity contribution in [1.29, 1.82) is 5.26 Å². The Morgan fingerprint density at radius 1 is 1.23 bits per heavy atom. The third kappa shape index (κ3) is 4.91. The molecule has 0 bridgehead atoms. The molecular formula is C24H27N3O3. The lowest BCUT2D eigenvalue weighted by Crippen LogP contribution is -2.54. The molecule has 0 amide bonds. The van der Waals surface area contributed by atoms with E-state index < -0.39 is 0 Å². The third-order valence-electron chi connectivity index (χ3n) is 5.65. The maximum Gasteiger partial charge on any atom is 0.214 e. The zero-order chi connectivity index (χ0) is 21.1. The number of pyridine rings is 1. The molecular weight excluding hydrogens is 378 g/mol. The van der Waals surface area contributed by atoms with Crippen LogP contribution in [0.2, 0.25) is 0 Å². The van der Waals surface area contributed by atoms with Gasteiger partial charge in [-0.3, -0.25) is 0 Å². The van der Waals surface area contributed by atoms with Gasteiger partial charge in [0.15, 0.2) is 5.69 Å². The average molecular weight is 405 g/mol. The zero-order valence-electron chi connectivity index (χ0n) is 17.5. The van der Waals surface area contributed by atoms with E-state index in [9.17, 15) is 10.1 Å². The van der Waals surface area contributed by atoms with Gasteiger partial charge in [0.1, 0.15) is 23.7 Å². The van der Waals surface area contributed by atoms with E-state index in [2.05, 4.69) is 22.9 Å². The number of ketones is 1. The summed E-state index contributed by atoms with van der Waals surface area (Å²) in [5, 5.41) is 9.48. The molecule has 0 N–H and O–H groups in total. The smallest absolute Gasteiger partial charge is 0.214 e. The van der Waals surface area contributed by atoms with Crippen LogP contribution in [0.25, 0.3) is 0 Å². The maximum atomic E-state index is 11.3. The first-order valence-corrected chi connectivity index (χ1v) is 10.6. The Morgan fingerprint density at radius 2 is 1.97 bits per heavy atom. The number of aromatic nitrogens is 1. The molecule has 1 aliphatic heterocycles. The molecule has 2 heterocycles. The molecule has 2 aromatic rings. The highest BCUT2D eigenvalue weighted by atomic mass is 16.5. The Labute approximate surface area is 177 Å². The number of benzene rings is 1. The second kappa shape index (κ2) is 8.74. The molecule has 0 unspecified atom stereocenters. The van der Waals surface area contributed by atoms with E-state index in [0.29, 0.717) is 43.6 Å². The quantitative estimate of drug-likeness (QED) is 0.625. The molecule has 156 valence electrons. The van der Waals surface area contributed by atoms with Gasteiger partial charge in [0.25, 0.3) is 0 Å². The molecule has 2 fully saturated rings. The van der Waals surface area contributed by atoms with Crippen LogP contribution in [0.15, 0.2) is 36.4 Å². The molecule has 0 spiro atoms. The third-order valence-corrected chi connectivity index (χ3v) is 5.65. The van der Waals surface area contributed by atoms with E-state index in [4.69, 9.17) is 9.47 Å². The summed E-state index contributed by atoms with van der Waals surface area (Å²) in [6.45, 7) is 5.79. The van der Waals surface area contributed by atoms with E-state index >= 15 is 0 Å². The fraction of sp³-hybridized carbons (Fsp3) is 0.458. The van der Waals surface area contributed by atoms with E-state index in [1.54, 1.807) is 6.92 Å². The molecule has 1 saturated carbocycles. The minimum Gasteiger partial charge on any atom is -0.487 e.